The number of rotatable bonds is 1. The van der Waals surface area contributed by atoms with Crippen molar-refractivity contribution in [2.45, 2.75) is 26.3 Å². The molecule has 2 rings (SSSR count). The number of hydrogen-bond acceptors (Lipinski definition) is 4. The van der Waals surface area contributed by atoms with Gasteiger partial charge in [0, 0.05) is 6.54 Å². The molecule has 0 spiro atoms. The number of carbonyl (C=O) groups is 3. The molecule has 3 unspecified atom stereocenters. The van der Waals surface area contributed by atoms with Crippen molar-refractivity contribution >= 4 is 17.7 Å². The first-order valence-electron chi connectivity index (χ1n) is 6.34. The van der Waals surface area contributed by atoms with Crippen LogP contribution in [0, 0.1) is 11.8 Å². The molecule has 0 bridgehead atoms. The Labute approximate surface area is 106 Å². The van der Waals surface area contributed by atoms with Crippen LogP contribution in [0.3, 0.4) is 0 Å². The van der Waals surface area contributed by atoms with Gasteiger partial charge in [0.25, 0.3) is 0 Å². The summed E-state index contributed by atoms with van der Waals surface area (Å²) in [6, 6.07) is -0.563. The molecule has 2 aliphatic heterocycles. The minimum Gasteiger partial charge on any atom is -0.321 e. The first-order chi connectivity index (χ1) is 8.49. The highest BCUT2D eigenvalue weighted by Crippen LogP contribution is 2.20. The first-order valence-corrected chi connectivity index (χ1v) is 6.34. The molecule has 0 aliphatic carbocycles. The van der Waals surface area contributed by atoms with Crippen molar-refractivity contribution in [1.29, 1.82) is 0 Å². The summed E-state index contributed by atoms with van der Waals surface area (Å²) in [6.45, 7) is 5.26. The molecule has 3 atom stereocenters. The van der Waals surface area contributed by atoms with Crippen molar-refractivity contribution < 1.29 is 14.4 Å². The fraction of sp³-hybridized carbons (Fsp3) is 0.750. The second-order valence-electron chi connectivity index (χ2n) is 5.25. The molecule has 100 valence electrons. The number of nitrogens with one attached hydrogen (secondary N) is 2. The largest absolute Gasteiger partial charge is 0.321 e. The molecular formula is C12H19N3O3. The zero-order valence-corrected chi connectivity index (χ0v) is 10.7. The van der Waals surface area contributed by atoms with Crippen molar-refractivity contribution in [3.63, 3.8) is 0 Å². The van der Waals surface area contributed by atoms with E-state index in [4.69, 9.17) is 0 Å². The molecule has 0 aromatic heterocycles. The minimum absolute atomic E-state index is 0.0172. The highest BCUT2D eigenvalue weighted by atomic mass is 16.2. The van der Waals surface area contributed by atoms with Crippen LogP contribution in [0.15, 0.2) is 0 Å². The van der Waals surface area contributed by atoms with E-state index in [0.29, 0.717) is 12.5 Å². The lowest BCUT2D eigenvalue weighted by atomic mass is 9.90. The summed E-state index contributed by atoms with van der Waals surface area (Å²) in [5, 5.41) is 5.45. The van der Waals surface area contributed by atoms with E-state index in [-0.39, 0.29) is 18.4 Å². The van der Waals surface area contributed by atoms with Crippen LogP contribution in [0.2, 0.25) is 0 Å². The summed E-state index contributed by atoms with van der Waals surface area (Å²) < 4.78 is 0. The number of amides is 3. The van der Waals surface area contributed by atoms with Crippen molar-refractivity contribution in [2.75, 3.05) is 19.6 Å². The van der Waals surface area contributed by atoms with Crippen LogP contribution in [-0.2, 0) is 14.4 Å². The van der Waals surface area contributed by atoms with Gasteiger partial charge in [-0.1, -0.05) is 6.92 Å². The number of carbonyl (C=O) groups excluding carboxylic acids is 3. The van der Waals surface area contributed by atoms with Gasteiger partial charge in [0.1, 0.15) is 12.6 Å². The van der Waals surface area contributed by atoms with Crippen LogP contribution < -0.4 is 10.6 Å². The number of piperazine rings is 1. The lowest BCUT2D eigenvalue weighted by Gasteiger charge is -2.36. The van der Waals surface area contributed by atoms with Crippen LogP contribution in [0.5, 0.6) is 0 Å². The first kappa shape index (κ1) is 13.0. The van der Waals surface area contributed by atoms with Gasteiger partial charge in [0.15, 0.2) is 0 Å². The predicted molar refractivity (Wildman–Crippen MR) is 64.5 cm³/mol. The van der Waals surface area contributed by atoms with E-state index in [0.717, 1.165) is 13.0 Å². The molecule has 2 saturated heterocycles. The molecule has 6 nitrogen and oxygen atoms in total. The molecule has 18 heavy (non-hydrogen) atoms. The topological polar surface area (TPSA) is 78.5 Å². The molecule has 0 saturated carbocycles. The van der Waals surface area contributed by atoms with E-state index < -0.39 is 17.9 Å². The second-order valence-corrected chi connectivity index (χ2v) is 5.25. The highest BCUT2D eigenvalue weighted by Gasteiger charge is 2.37. The Morgan fingerprint density at radius 2 is 2.00 bits per heavy atom. The third-order valence-corrected chi connectivity index (χ3v) is 3.63. The van der Waals surface area contributed by atoms with Crippen LogP contribution in [-0.4, -0.2) is 48.3 Å². The fourth-order valence-electron chi connectivity index (χ4n) is 2.56. The van der Waals surface area contributed by atoms with Crippen LogP contribution in [0.4, 0.5) is 0 Å². The fourth-order valence-corrected chi connectivity index (χ4v) is 2.56. The molecule has 2 heterocycles. The normalized spacial score (nSPS) is 33.2. The Balaban J connectivity index is 2.07. The Morgan fingerprint density at radius 3 is 2.67 bits per heavy atom. The van der Waals surface area contributed by atoms with Crippen LogP contribution in [0.1, 0.15) is 20.3 Å². The molecule has 2 aliphatic rings. The quantitative estimate of drug-likeness (QED) is 0.594. The van der Waals surface area contributed by atoms with Gasteiger partial charge in [0.05, 0.1) is 5.92 Å². The average Bonchev–Trinajstić information content (AvgIpc) is 2.33. The predicted octanol–water partition coefficient (Wildman–Crippen LogP) is -0.894. The summed E-state index contributed by atoms with van der Waals surface area (Å²) in [5.74, 6) is -0.573. The molecule has 3 amide bonds. The van der Waals surface area contributed by atoms with Crippen molar-refractivity contribution in [2.24, 2.45) is 11.8 Å². The van der Waals surface area contributed by atoms with E-state index in [1.165, 1.54) is 4.90 Å². The number of piperidine rings is 1. The van der Waals surface area contributed by atoms with Gasteiger partial charge in [-0.15, -0.1) is 0 Å². The van der Waals surface area contributed by atoms with Crippen LogP contribution >= 0.6 is 0 Å². The van der Waals surface area contributed by atoms with Gasteiger partial charge in [-0.25, -0.2) is 0 Å². The van der Waals surface area contributed by atoms with Crippen molar-refractivity contribution in [3.8, 4) is 0 Å². The van der Waals surface area contributed by atoms with E-state index in [2.05, 4.69) is 17.6 Å². The van der Waals surface area contributed by atoms with Gasteiger partial charge >= 0.3 is 0 Å². The highest BCUT2D eigenvalue weighted by molar-refractivity contribution is 6.04. The number of nitrogens with zero attached hydrogens (tertiary/aromatic N) is 1. The summed E-state index contributed by atoms with van der Waals surface area (Å²) in [4.78, 5) is 36.6. The van der Waals surface area contributed by atoms with Crippen molar-refractivity contribution in [1.82, 2.24) is 15.5 Å². The molecule has 6 heteroatoms. The Morgan fingerprint density at radius 1 is 1.28 bits per heavy atom. The smallest absolute Gasteiger partial charge is 0.249 e. The molecule has 0 radical (unpaired) electrons. The van der Waals surface area contributed by atoms with Gasteiger partial charge in [0.2, 0.25) is 17.7 Å². The zero-order valence-electron chi connectivity index (χ0n) is 10.7. The molecule has 0 aromatic carbocycles. The maximum absolute atomic E-state index is 12.4. The number of imide groups is 1. The summed E-state index contributed by atoms with van der Waals surface area (Å²) >= 11 is 0. The lowest BCUT2D eigenvalue weighted by Crippen LogP contribution is -2.60. The van der Waals surface area contributed by atoms with Gasteiger partial charge in [-0.3, -0.25) is 19.7 Å². The third-order valence-electron chi connectivity index (χ3n) is 3.63. The SMILES string of the molecule is CC1CNCC(C(=O)N2CC(=O)NC(=O)C2C)C1. The minimum atomic E-state index is -0.563. The third kappa shape index (κ3) is 2.53. The Bertz CT molecular complexity index is 383. The number of hydrogen-bond donors (Lipinski definition) is 2. The zero-order chi connectivity index (χ0) is 13.3. The van der Waals surface area contributed by atoms with E-state index in [1.807, 2.05) is 0 Å². The van der Waals surface area contributed by atoms with Crippen LogP contribution in [0.25, 0.3) is 0 Å². The van der Waals surface area contributed by atoms with Gasteiger partial charge in [-0.05, 0) is 25.8 Å². The van der Waals surface area contributed by atoms with E-state index in [1.54, 1.807) is 6.92 Å². The summed E-state index contributed by atoms with van der Waals surface area (Å²) in [5.41, 5.74) is 0. The van der Waals surface area contributed by atoms with Gasteiger partial charge in [-0.2, -0.15) is 0 Å². The Hall–Kier alpha value is -1.43. The molecule has 2 N–H and O–H groups in total. The molecule has 2 fully saturated rings. The average molecular weight is 253 g/mol. The maximum Gasteiger partial charge on any atom is 0.249 e. The molecular weight excluding hydrogens is 234 g/mol. The summed E-state index contributed by atoms with van der Waals surface area (Å²) in [7, 11) is 0. The van der Waals surface area contributed by atoms with Gasteiger partial charge < -0.3 is 10.2 Å². The van der Waals surface area contributed by atoms with Crippen molar-refractivity contribution in [3.05, 3.63) is 0 Å². The standard InChI is InChI=1S/C12H19N3O3/c1-7-3-9(5-13-4-7)12(18)15-6-10(16)14-11(17)8(15)2/h7-9,13H,3-6H2,1-2H3,(H,14,16,17). The van der Waals surface area contributed by atoms with E-state index in [9.17, 15) is 14.4 Å². The second kappa shape index (κ2) is 5.06. The lowest BCUT2D eigenvalue weighted by molar-refractivity contribution is -0.152. The Kier molecular flexibility index (Phi) is 3.65. The molecule has 0 aromatic rings. The maximum atomic E-state index is 12.4. The summed E-state index contributed by atoms with van der Waals surface area (Å²) in [6.07, 6.45) is 0.810. The monoisotopic (exact) mass is 253 g/mol. The van der Waals surface area contributed by atoms with E-state index >= 15 is 0 Å².